The molecule has 1 N–H and O–H groups in total. The molecule has 0 saturated heterocycles. The van der Waals surface area contributed by atoms with Crippen LogP contribution < -0.4 is 14.3 Å². The third-order valence-corrected chi connectivity index (χ3v) is 6.03. The van der Waals surface area contributed by atoms with Crippen molar-refractivity contribution in [2.45, 2.75) is 51.2 Å². The lowest BCUT2D eigenvalue weighted by atomic mass is 9.98. The van der Waals surface area contributed by atoms with Gasteiger partial charge in [-0.25, -0.2) is 18.3 Å². The Bertz CT molecular complexity index is 1020. The van der Waals surface area contributed by atoms with E-state index in [1.54, 1.807) is 0 Å². The van der Waals surface area contributed by atoms with Gasteiger partial charge in [-0.1, -0.05) is 18.6 Å². The first-order valence-corrected chi connectivity index (χ1v) is 11.5. The second-order valence-electron chi connectivity index (χ2n) is 7.40. The van der Waals surface area contributed by atoms with Crippen LogP contribution in [0.5, 0.6) is 17.2 Å². The van der Waals surface area contributed by atoms with Crippen molar-refractivity contribution in [3.63, 3.8) is 0 Å². The molecule has 1 saturated carbocycles. The fourth-order valence-corrected chi connectivity index (χ4v) is 4.12. The van der Waals surface area contributed by atoms with E-state index >= 15 is 0 Å². The number of carbonyl (C=O) groups is 1. The molecule has 0 radical (unpaired) electrons. The molecule has 33 heavy (non-hydrogen) atoms. The number of halogens is 5. The van der Waals surface area contributed by atoms with Crippen molar-refractivity contribution in [1.82, 2.24) is 5.09 Å². The first kappa shape index (κ1) is 25.0. The zero-order valence-corrected chi connectivity index (χ0v) is 18.4. The second kappa shape index (κ2) is 11.0. The molecule has 0 aromatic heterocycles. The molecule has 1 aliphatic rings. The SMILES string of the molecule is CC(N[PH](=O)Oc1ccccc1Oc1c(F)c(F)c(F)c(F)c1F)C(=O)OC1CCCCC1. The van der Waals surface area contributed by atoms with E-state index in [-0.39, 0.29) is 11.9 Å². The monoisotopic (exact) mass is 493 g/mol. The van der Waals surface area contributed by atoms with E-state index in [4.69, 9.17) is 14.0 Å². The Morgan fingerprint density at radius 3 is 2.09 bits per heavy atom. The number of esters is 1. The maximum Gasteiger partial charge on any atom is 0.323 e. The molecule has 2 atom stereocenters. The molecule has 0 aliphatic heterocycles. The summed E-state index contributed by atoms with van der Waals surface area (Å²) in [6, 6.07) is 4.07. The van der Waals surface area contributed by atoms with Crippen molar-refractivity contribution < 1.29 is 45.3 Å². The Kier molecular flexibility index (Phi) is 8.31. The Balaban J connectivity index is 1.68. The van der Waals surface area contributed by atoms with Crippen LogP contribution in [0.25, 0.3) is 0 Å². The van der Waals surface area contributed by atoms with Gasteiger partial charge in [0.05, 0.1) is 0 Å². The fraction of sp³-hybridized carbons (Fsp3) is 0.381. The Morgan fingerprint density at radius 1 is 0.939 bits per heavy atom. The van der Waals surface area contributed by atoms with Gasteiger partial charge in [-0.05, 0) is 44.7 Å². The van der Waals surface area contributed by atoms with Crippen LogP contribution in [0.1, 0.15) is 39.0 Å². The number of hydrogen-bond donors (Lipinski definition) is 1. The van der Waals surface area contributed by atoms with Crippen molar-refractivity contribution in [1.29, 1.82) is 0 Å². The number of para-hydroxylation sites is 2. The van der Waals surface area contributed by atoms with E-state index < -0.39 is 60.8 Å². The fourth-order valence-electron chi connectivity index (χ4n) is 3.22. The summed E-state index contributed by atoms with van der Waals surface area (Å²) in [4.78, 5) is 12.2. The Morgan fingerprint density at radius 2 is 1.48 bits per heavy atom. The molecule has 1 aliphatic carbocycles. The van der Waals surface area contributed by atoms with Gasteiger partial charge in [0.2, 0.25) is 34.8 Å². The highest BCUT2D eigenvalue weighted by atomic mass is 31.1. The first-order chi connectivity index (χ1) is 15.7. The van der Waals surface area contributed by atoms with Crippen LogP contribution in [0.3, 0.4) is 0 Å². The van der Waals surface area contributed by atoms with Gasteiger partial charge in [0, 0.05) is 0 Å². The van der Waals surface area contributed by atoms with E-state index in [1.807, 2.05) is 0 Å². The molecule has 2 aromatic rings. The van der Waals surface area contributed by atoms with Crippen LogP contribution in [0.4, 0.5) is 22.0 Å². The van der Waals surface area contributed by atoms with Crippen LogP contribution in [-0.2, 0) is 14.1 Å². The van der Waals surface area contributed by atoms with Gasteiger partial charge in [-0.2, -0.15) is 8.78 Å². The second-order valence-corrected chi connectivity index (χ2v) is 8.47. The zero-order chi connectivity index (χ0) is 24.1. The number of nitrogens with one attached hydrogen (secondary N) is 1. The first-order valence-electron chi connectivity index (χ1n) is 10.2. The largest absolute Gasteiger partial charge is 0.461 e. The molecule has 1 fully saturated rings. The number of benzene rings is 2. The standard InChI is InChI=1S/C21H21F5NO5P/c1-11(21(28)30-12-7-3-2-4-8-12)27-33(29)32-14-10-6-5-9-13(14)31-20-18(25)16(23)15(22)17(24)19(20)26/h5-6,9-12,33H,2-4,7-8H2,1H3,(H,27,29). The van der Waals surface area contributed by atoms with Crippen LogP contribution in [-0.4, -0.2) is 18.1 Å². The molecule has 0 heterocycles. The van der Waals surface area contributed by atoms with Crippen LogP contribution >= 0.6 is 8.18 Å². The average molecular weight is 493 g/mol. The summed E-state index contributed by atoms with van der Waals surface area (Å²) < 4.78 is 95.8. The summed E-state index contributed by atoms with van der Waals surface area (Å²) in [6.07, 6.45) is 4.31. The van der Waals surface area contributed by atoms with Crippen molar-refractivity contribution >= 4 is 14.1 Å². The third kappa shape index (κ3) is 6.03. The molecule has 0 bridgehead atoms. The van der Waals surface area contributed by atoms with Crippen LogP contribution in [0.2, 0.25) is 0 Å². The smallest absolute Gasteiger partial charge is 0.323 e. The van der Waals surface area contributed by atoms with Crippen molar-refractivity contribution in [3.05, 3.63) is 53.4 Å². The lowest BCUT2D eigenvalue weighted by molar-refractivity contribution is -0.152. The van der Waals surface area contributed by atoms with Crippen LogP contribution in [0, 0.1) is 29.1 Å². The molecular formula is C21H21F5NO5P. The summed E-state index contributed by atoms with van der Waals surface area (Å²) in [5.41, 5.74) is 0. The van der Waals surface area contributed by atoms with E-state index in [0.717, 1.165) is 38.2 Å². The molecule has 2 unspecified atom stereocenters. The minimum Gasteiger partial charge on any atom is -0.461 e. The lowest BCUT2D eigenvalue weighted by Crippen LogP contribution is -2.34. The highest BCUT2D eigenvalue weighted by molar-refractivity contribution is 7.37. The van der Waals surface area contributed by atoms with Gasteiger partial charge in [-0.15, -0.1) is 0 Å². The van der Waals surface area contributed by atoms with Crippen molar-refractivity contribution in [3.8, 4) is 17.2 Å². The average Bonchev–Trinajstić information content (AvgIpc) is 2.80. The highest BCUT2D eigenvalue weighted by Gasteiger charge is 2.28. The van der Waals surface area contributed by atoms with E-state index in [9.17, 15) is 31.3 Å². The number of carbonyl (C=O) groups excluding carboxylic acids is 1. The number of rotatable bonds is 8. The molecule has 12 heteroatoms. The van der Waals surface area contributed by atoms with E-state index in [0.29, 0.717) is 0 Å². The molecule has 0 spiro atoms. The normalized spacial score (nSPS) is 16.2. The maximum absolute atomic E-state index is 13.9. The Hall–Kier alpha value is -2.65. The van der Waals surface area contributed by atoms with Crippen molar-refractivity contribution in [2.75, 3.05) is 0 Å². The van der Waals surface area contributed by atoms with Gasteiger partial charge in [0.25, 0.3) is 0 Å². The maximum atomic E-state index is 13.9. The van der Waals surface area contributed by atoms with Crippen molar-refractivity contribution in [2.24, 2.45) is 0 Å². The molecule has 0 amide bonds. The van der Waals surface area contributed by atoms with Gasteiger partial charge in [-0.3, -0.25) is 9.36 Å². The van der Waals surface area contributed by atoms with Gasteiger partial charge in [0.1, 0.15) is 12.1 Å². The topological polar surface area (TPSA) is 73.9 Å². The molecule has 6 nitrogen and oxygen atoms in total. The summed E-state index contributed by atoms with van der Waals surface area (Å²) in [7, 11) is -3.16. The molecule has 2 aromatic carbocycles. The number of hydrogen-bond acceptors (Lipinski definition) is 5. The Labute approximate surface area is 186 Å². The molecule has 180 valence electrons. The predicted octanol–water partition coefficient (Wildman–Crippen LogP) is 5.80. The minimum atomic E-state index is -3.16. The van der Waals surface area contributed by atoms with Gasteiger partial charge in [0.15, 0.2) is 11.5 Å². The zero-order valence-electron chi connectivity index (χ0n) is 17.4. The van der Waals surface area contributed by atoms with Gasteiger partial charge >= 0.3 is 14.1 Å². The van der Waals surface area contributed by atoms with Gasteiger partial charge < -0.3 is 14.0 Å². The summed E-state index contributed by atoms with van der Waals surface area (Å²) >= 11 is 0. The lowest BCUT2D eigenvalue weighted by Gasteiger charge is -2.23. The quantitative estimate of drug-likeness (QED) is 0.165. The molecular weight excluding hydrogens is 472 g/mol. The minimum absolute atomic E-state index is 0.200. The molecule has 3 rings (SSSR count). The van der Waals surface area contributed by atoms with E-state index in [1.165, 1.54) is 25.1 Å². The summed E-state index contributed by atoms with van der Waals surface area (Å²) in [6.45, 7) is 1.42. The van der Waals surface area contributed by atoms with Crippen LogP contribution in [0.15, 0.2) is 24.3 Å². The third-order valence-electron chi connectivity index (χ3n) is 4.96. The summed E-state index contributed by atoms with van der Waals surface area (Å²) in [5, 5.41) is 2.43. The highest BCUT2D eigenvalue weighted by Crippen LogP contribution is 2.39. The van der Waals surface area contributed by atoms with E-state index in [2.05, 4.69) is 5.09 Å². The number of ether oxygens (including phenoxy) is 2. The summed E-state index contributed by atoms with van der Waals surface area (Å²) in [5.74, 6) is -14.0. The predicted molar refractivity (Wildman–Crippen MR) is 108 cm³/mol.